The molecule has 0 saturated heterocycles. The van der Waals surface area contributed by atoms with Gasteiger partial charge in [-0.2, -0.15) is 0 Å². The molecule has 0 saturated carbocycles. The number of para-hydroxylation sites is 1. The normalized spacial score (nSPS) is 13.4. The van der Waals surface area contributed by atoms with E-state index in [1.54, 1.807) is 6.92 Å². The van der Waals surface area contributed by atoms with Crippen LogP contribution in [0.25, 0.3) is 0 Å². The van der Waals surface area contributed by atoms with E-state index in [9.17, 15) is 14.4 Å². The lowest BCUT2D eigenvalue weighted by Crippen LogP contribution is -2.39. The molecule has 1 aromatic heterocycles. The number of carbonyl (C=O) groups is 1. The van der Waals surface area contributed by atoms with Crippen LogP contribution in [0.1, 0.15) is 23.2 Å². The van der Waals surface area contributed by atoms with Gasteiger partial charge in [0.2, 0.25) is 5.91 Å². The molecule has 0 radical (unpaired) electrons. The number of aryl methyl sites for hydroxylation is 2. The maximum atomic E-state index is 12.1. The van der Waals surface area contributed by atoms with Crippen LogP contribution < -0.4 is 21.5 Å². The van der Waals surface area contributed by atoms with Gasteiger partial charge in [0, 0.05) is 36.6 Å². The van der Waals surface area contributed by atoms with Crippen LogP contribution in [0.5, 0.6) is 0 Å². The molecule has 0 bridgehead atoms. The molecule has 1 aromatic carbocycles. The molecule has 0 fully saturated rings. The van der Waals surface area contributed by atoms with E-state index in [1.807, 2.05) is 12.1 Å². The fourth-order valence-corrected chi connectivity index (χ4v) is 3.24. The average Bonchev–Trinajstić information content (AvgIpc) is 2.58. The largest absolute Gasteiger partial charge is 0.370 e. The summed E-state index contributed by atoms with van der Waals surface area (Å²) in [6.45, 7) is 3.83. The first-order valence-corrected chi connectivity index (χ1v) is 8.46. The van der Waals surface area contributed by atoms with E-state index in [0.717, 1.165) is 25.9 Å². The predicted molar refractivity (Wildman–Crippen MR) is 96.1 cm³/mol. The first-order valence-electron chi connectivity index (χ1n) is 8.46. The summed E-state index contributed by atoms with van der Waals surface area (Å²) >= 11 is 0. The van der Waals surface area contributed by atoms with Crippen LogP contribution >= 0.6 is 0 Å². The number of amides is 1. The number of benzene rings is 1. The van der Waals surface area contributed by atoms with Gasteiger partial charge in [-0.05, 0) is 31.4 Å². The van der Waals surface area contributed by atoms with Crippen LogP contribution in [0.15, 0.2) is 33.9 Å². The van der Waals surface area contributed by atoms with Gasteiger partial charge in [-0.1, -0.05) is 18.2 Å². The molecule has 7 nitrogen and oxygen atoms in total. The monoisotopic (exact) mass is 342 g/mol. The Morgan fingerprint density at radius 1 is 1.24 bits per heavy atom. The van der Waals surface area contributed by atoms with E-state index in [-0.39, 0.29) is 12.3 Å². The van der Waals surface area contributed by atoms with E-state index in [0.29, 0.717) is 17.8 Å². The van der Waals surface area contributed by atoms with Crippen molar-refractivity contribution >= 4 is 11.6 Å². The van der Waals surface area contributed by atoms with E-state index in [1.165, 1.54) is 11.3 Å². The zero-order valence-electron chi connectivity index (χ0n) is 14.2. The van der Waals surface area contributed by atoms with Crippen molar-refractivity contribution in [2.45, 2.75) is 26.2 Å². The van der Waals surface area contributed by atoms with Crippen LogP contribution in [-0.4, -0.2) is 35.5 Å². The van der Waals surface area contributed by atoms with Crippen molar-refractivity contribution in [2.24, 2.45) is 0 Å². The topological polar surface area (TPSA) is 98.1 Å². The van der Waals surface area contributed by atoms with Crippen LogP contribution in [0, 0.1) is 6.92 Å². The summed E-state index contributed by atoms with van der Waals surface area (Å²) in [5.41, 5.74) is 2.22. The Bertz CT molecular complexity index is 884. The number of hydrogen-bond donors (Lipinski definition) is 3. The summed E-state index contributed by atoms with van der Waals surface area (Å²) < 4.78 is 0. The molecule has 3 rings (SSSR count). The minimum absolute atomic E-state index is 0.0471. The number of carbonyl (C=O) groups excluding carboxylic acids is 1. The second kappa shape index (κ2) is 7.38. The molecule has 132 valence electrons. The molecule has 1 aliphatic heterocycles. The van der Waals surface area contributed by atoms with Crippen molar-refractivity contribution in [1.82, 2.24) is 15.3 Å². The lowest BCUT2D eigenvalue weighted by atomic mass is 10.0. The highest BCUT2D eigenvalue weighted by Gasteiger charge is 2.16. The molecular weight excluding hydrogens is 320 g/mol. The van der Waals surface area contributed by atoms with E-state index >= 15 is 0 Å². The first-order chi connectivity index (χ1) is 12.0. The Labute approximate surface area is 145 Å². The van der Waals surface area contributed by atoms with Crippen molar-refractivity contribution in [1.29, 1.82) is 0 Å². The molecule has 3 N–H and O–H groups in total. The highest BCUT2D eigenvalue weighted by Crippen LogP contribution is 2.25. The zero-order chi connectivity index (χ0) is 17.8. The minimum Gasteiger partial charge on any atom is -0.370 e. The smallest absolute Gasteiger partial charge is 0.325 e. The van der Waals surface area contributed by atoms with Gasteiger partial charge < -0.3 is 15.2 Å². The lowest BCUT2D eigenvalue weighted by molar-refractivity contribution is -0.120. The van der Waals surface area contributed by atoms with Gasteiger partial charge in [0.15, 0.2) is 0 Å². The molecule has 0 unspecified atom stereocenters. The SMILES string of the molecule is Cc1[nH]c(=O)[nH]c(=O)c1CC(=O)NCCN1CCCc2ccccc21. The summed E-state index contributed by atoms with van der Waals surface area (Å²) in [5, 5.41) is 2.85. The number of fused-ring (bicyclic) bond motifs is 1. The first kappa shape index (κ1) is 17.0. The Balaban J connectivity index is 1.56. The van der Waals surface area contributed by atoms with Crippen molar-refractivity contribution in [3.8, 4) is 0 Å². The number of aromatic nitrogens is 2. The van der Waals surface area contributed by atoms with E-state index in [4.69, 9.17) is 0 Å². The average molecular weight is 342 g/mol. The highest BCUT2D eigenvalue weighted by atomic mass is 16.2. The number of nitrogens with zero attached hydrogens (tertiary/aromatic N) is 1. The number of anilines is 1. The van der Waals surface area contributed by atoms with Crippen molar-refractivity contribution in [2.75, 3.05) is 24.5 Å². The molecule has 0 aliphatic carbocycles. The second-order valence-electron chi connectivity index (χ2n) is 6.26. The van der Waals surface area contributed by atoms with Gasteiger partial charge in [-0.3, -0.25) is 14.6 Å². The molecule has 0 spiro atoms. The maximum absolute atomic E-state index is 12.1. The molecule has 2 aromatic rings. The third-order valence-corrected chi connectivity index (χ3v) is 4.50. The minimum atomic E-state index is -0.560. The molecule has 0 atom stereocenters. The standard InChI is InChI=1S/C18H22N4O3/c1-12-14(17(24)21-18(25)20-12)11-16(23)19-8-10-22-9-4-6-13-5-2-3-7-15(13)22/h2-3,5,7H,4,6,8-11H2,1H3,(H,19,23)(H2,20,21,24,25). The zero-order valence-corrected chi connectivity index (χ0v) is 14.2. The number of nitrogens with one attached hydrogen (secondary N) is 3. The number of H-pyrrole nitrogens is 2. The Morgan fingerprint density at radius 2 is 2.04 bits per heavy atom. The Kier molecular flexibility index (Phi) is 5.02. The number of aromatic amines is 2. The Morgan fingerprint density at radius 3 is 2.84 bits per heavy atom. The van der Waals surface area contributed by atoms with Crippen LogP contribution in [0.3, 0.4) is 0 Å². The molecule has 1 amide bonds. The molecule has 2 heterocycles. The summed E-state index contributed by atoms with van der Waals surface area (Å²) in [7, 11) is 0. The third kappa shape index (κ3) is 3.99. The highest BCUT2D eigenvalue weighted by molar-refractivity contribution is 5.78. The van der Waals surface area contributed by atoms with Crippen molar-refractivity contribution in [3.63, 3.8) is 0 Å². The predicted octanol–water partition coefficient (Wildman–Crippen LogP) is 0.483. The van der Waals surface area contributed by atoms with Gasteiger partial charge >= 0.3 is 5.69 Å². The summed E-state index contributed by atoms with van der Waals surface area (Å²) in [6, 6.07) is 8.33. The molecule has 25 heavy (non-hydrogen) atoms. The molecular formula is C18H22N4O3. The van der Waals surface area contributed by atoms with E-state index in [2.05, 4.69) is 32.3 Å². The van der Waals surface area contributed by atoms with Gasteiger partial charge in [0.25, 0.3) is 5.56 Å². The van der Waals surface area contributed by atoms with Gasteiger partial charge in [0.1, 0.15) is 0 Å². The molecule has 1 aliphatic rings. The fraction of sp³-hybridized carbons (Fsp3) is 0.389. The maximum Gasteiger partial charge on any atom is 0.325 e. The Hall–Kier alpha value is -2.83. The van der Waals surface area contributed by atoms with Gasteiger partial charge in [0.05, 0.1) is 6.42 Å². The fourth-order valence-electron chi connectivity index (χ4n) is 3.24. The number of rotatable bonds is 5. The third-order valence-electron chi connectivity index (χ3n) is 4.50. The van der Waals surface area contributed by atoms with Gasteiger partial charge in [-0.15, -0.1) is 0 Å². The van der Waals surface area contributed by atoms with Crippen molar-refractivity contribution in [3.05, 3.63) is 61.9 Å². The van der Waals surface area contributed by atoms with E-state index < -0.39 is 11.2 Å². The van der Waals surface area contributed by atoms with Crippen LogP contribution in [-0.2, 0) is 17.6 Å². The van der Waals surface area contributed by atoms with Crippen LogP contribution in [0.2, 0.25) is 0 Å². The van der Waals surface area contributed by atoms with Crippen LogP contribution in [0.4, 0.5) is 5.69 Å². The summed E-state index contributed by atoms with van der Waals surface area (Å²) in [4.78, 5) is 42.0. The molecule has 7 heteroatoms. The summed E-state index contributed by atoms with van der Waals surface area (Å²) in [5.74, 6) is -0.231. The lowest BCUT2D eigenvalue weighted by Gasteiger charge is -2.31. The quantitative estimate of drug-likeness (QED) is 0.736. The van der Waals surface area contributed by atoms with Crippen molar-refractivity contribution < 1.29 is 4.79 Å². The second-order valence-corrected chi connectivity index (χ2v) is 6.26. The number of hydrogen-bond acceptors (Lipinski definition) is 4. The van der Waals surface area contributed by atoms with Gasteiger partial charge in [-0.25, -0.2) is 4.79 Å². The summed E-state index contributed by atoms with van der Waals surface area (Å²) in [6.07, 6.45) is 2.15.